The molecule has 0 fully saturated rings. The van der Waals surface area contributed by atoms with Gasteiger partial charge in [-0.2, -0.15) is 5.10 Å². The number of nitrogens with two attached hydrogens (primary N) is 1. The fourth-order valence-electron chi connectivity index (χ4n) is 3.28. The maximum Gasteiger partial charge on any atom is 0.244 e. The zero-order valence-corrected chi connectivity index (χ0v) is 16.5. The Morgan fingerprint density at radius 3 is 2.31 bits per heavy atom. The number of rotatable bonds is 4. The van der Waals surface area contributed by atoms with E-state index in [1.165, 1.54) is 11.1 Å². The van der Waals surface area contributed by atoms with Crippen molar-refractivity contribution in [3.05, 3.63) is 47.0 Å². The number of carbonyl (C=O) groups excluding carboxylic acids is 1. The van der Waals surface area contributed by atoms with E-state index in [0.29, 0.717) is 11.6 Å². The van der Waals surface area contributed by atoms with Crippen LogP contribution in [0.15, 0.2) is 24.3 Å². The molecule has 1 aromatic heterocycles. The monoisotopic (exact) mass is 377 g/mol. The summed E-state index contributed by atoms with van der Waals surface area (Å²) in [5, 5.41) is 4.39. The summed E-state index contributed by atoms with van der Waals surface area (Å²) in [6, 6.07) is 8.22. The summed E-state index contributed by atoms with van der Waals surface area (Å²) in [4.78, 5) is 19.2. The van der Waals surface area contributed by atoms with Crippen LogP contribution in [0.4, 0.5) is 0 Å². The number of hydrogen-bond donors (Lipinski definition) is 1. The van der Waals surface area contributed by atoms with Crippen molar-refractivity contribution in [2.45, 2.75) is 46.2 Å². The van der Waals surface area contributed by atoms with E-state index in [1.54, 1.807) is 4.68 Å². The van der Waals surface area contributed by atoms with Crippen molar-refractivity contribution in [2.75, 3.05) is 13.1 Å². The number of carbonyl (C=O) groups is 1. The third-order valence-corrected chi connectivity index (χ3v) is 4.88. The smallest absolute Gasteiger partial charge is 0.244 e. The molecule has 26 heavy (non-hydrogen) atoms. The van der Waals surface area contributed by atoms with Crippen molar-refractivity contribution in [1.82, 2.24) is 19.7 Å². The van der Waals surface area contributed by atoms with Crippen LogP contribution in [0, 0.1) is 12.8 Å². The normalized spacial score (nSPS) is 15.2. The number of amides is 1. The van der Waals surface area contributed by atoms with Crippen LogP contribution < -0.4 is 5.73 Å². The van der Waals surface area contributed by atoms with Gasteiger partial charge in [0.05, 0.1) is 6.04 Å². The lowest BCUT2D eigenvalue weighted by molar-refractivity contribution is -0.132. The minimum atomic E-state index is -0.220. The molecule has 0 aliphatic carbocycles. The fraction of sp³-hybridized carbons (Fsp3) is 0.526. The molecule has 3 rings (SSSR count). The van der Waals surface area contributed by atoms with Crippen LogP contribution in [0.2, 0.25) is 0 Å². The van der Waals surface area contributed by atoms with E-state index in [9.17, 15) is 4.79 Å². The summed E-state index contributed by atoms with van der Waals surface area (Å²) in [7, 11) is 0. The van der Waals surface area contributed by atoms with Crippen LogP contribution >= 0.6 is 12.4 Å². The second-order valence-electron chi connectivity index (χ2n) is 7.09. The van der Waals surface area contributed by atoms with E-state index in [2.05, 4.69) is 34.3 Å². The van der Waals surface area contributed by atoms with Gasteiger partial charge in [-0.1, -0.05) is 38.1 Å². The average molecular weight is 378 g/mol. The van der Waals surface area contributed by atoms with E-state index in [0.717, 1.165) is 25.9 Å². The maximum atomic E-state index is 12.8. The van der Waals surface area contributed by atoms with Crippen molar-refractivity contribution in [1.29, 1.82) is 0 Å². The lowest BCUT2D eigenvalue weighted by atomic mass is 10.0. The zero-order valence-electron chi connectivity index (χ0n) is 15.7. The third-order valence-electron chi connectivity index (χ3n) is 4.88. The van der Waals surface area contributed by atoms with Gasteiger partial charge in [-0.15, -0.1) is 12.4 Å². The summed E-state index contributed by atoms with van der Waals surface area (Å²) in [5.41, 5.74) is 8.93. The molecule has 2 aromatic rings. The predicted octanol–water partition coefficient (Wildman–Crippen LogP) is 2.29. The SMILES string of the molecule is Cc1nc([C@@H](N)C(C)C)n(CC(=O)N2CCc3ccccc3CC2)n1.Cl. The molecule has 0 radical (unpaired) electrons. The average Bonchev–Trinajstić information content (AvgIpc) is 2.81. The van der Waals surface area contributed by atoms with Gasteiger partial charge in [0.15, 0.2) is 0 Å². The molecule has 1 aromatic carbocycles. The Kier molecular flexibility index (Phi) is 6.78. The highest BCUT2D eigenvalue weighted by molar-refractivity contribution is 5.85. The zero-order chi connectivity index (χ0) is 18.0. The minimum absolute atomic E-state index is 0. The first kappa shape index (κ1) is 20.4. The van der Waals surface area contributed by atoms with Gasteiger partial charge in [0, 0.05) is 13.1 Å². The molecule has 0 bridgehead atoms. The fourth-order valence-corrected chi connectivity index (χ4v) is 3.28. The third kappa shape index (κ3) is 4.43. The lowest BCUT2D eigenvalue weighted by Crippen LogP contribution is -2.37. The number of aryl methyl sites for hydroxylation is 1. The molecule has 0 saturated carbocycles. The Balaban J connectivity index is 0.00000243. The molecule has 1 atom stereocenters. The molecule has 7 heteroatoms. The number of aromatic nitrogens is 3. The van der Waals surface area contributed by atoms with E-state index in [4.69, 9.17) is 5.73 Å². The van der Waals surface area contributed by atoms with Gasteiger partial charge in [0.1, 0.15) is 18.2 Å². The molecule has 2 heterocycles. The topological polar surface area (TPSA) is 77.0 Å². The van der Waals surface area contributed by atoms with Crippen molar-refractivity contribution in [3.63, 3.8) is 0 Å². The van der Waals surface area contributed by atoms with Crippen LogP contribution in [-0.2, 0) is 24.2 Å². The molecule has 1 amide bonds. The second-order valence-corrected chi connectivity index (χ2v) is 7.09. The van der Waals surface area contributed by atoms with Crippen molar-refractivity contribution in [2.24, 2.45) is 11.7 Å². The van der Waals surface area contributed by atoms with Gasteiger partial charge in [0.25, 0.3) is 0 Å². The van der Waals surface area contributed by atoms with Gasteiger partial charge in [0.2, 0.25) is 5.91 Å². The molecule has 1 aliphatic rings. The standard InChI is InChI=1S/C19H27N5O.ClH/c1-13(2)18(20)19-21-14(3)22-24(19)12-17(25)23-10-8-15-6-4-5-7-16(15)9-11-23;/h4-7,13,18H,8-12,20H2,1-3H3;1H/t18-;/m0./s1. The molecule has 0 unspecified atom stereocenters. The molecular weight excluding hydrogens is 350 g/mol. The number of hydrogen-bond acceptors (Lipinski definition) is 4. The highest BCUT2D eigenvalue weighted by Crippen LogP contribution is 2.18. The van der Waals surface area contributed by atoms with Crippen LogP contribution in [0.25, 0.3) is 0 Å². The quantitative estimate of drug-likeness (QED) is 0.886. The number of nitrogens with zero attached hydrogens (tertiary/aromatic N) is 4. The van der Waals surface area contributed by atoms with E-state index < -0.39 is 0 Å². The molecular formula is C19H28ClN5O. The van der Waals surface area contributed by atoms with Gasteiger partial charge in [-0.25, -0.2) is 9.67 Å². The van der Waals surface area contributed by atoms with E-state index >= 15 is 0 Å². The Morgan fingerprint density at radius 2 is 1.77 bits per heavy atom. The van der Waals surface area contributed by atoms with Gasteiger partial charge < -0.3 is 10.6 Å². The minimum Gasteiger partial charge on any atom is -0.340 e. The van der Waals surface area contributed by atoms with Gasteiger partial charge in [-0.05, 0) is 36.8 Å². The molecule has 0 spiro atoms. The Labute approximate surface area is 161 Å². The van der Waals surface area contributed by atoms with Gasteiger partial charge in [-0.3, -0.25) is 4.79 Å². The Morgan fingerprint density at radius 1 is 1.19 bits per heavy atom. The largest absolute Gasteiger partial charge is 0.340 e. The second kappa shape index (κ2) is 8.64. The van der Waals surface area contributed by atoms with Crippen LogP contribution in [0.3, 0.4) is 0 Å². The summed E-state index contributed by atoms with van der Waals surface area (Å²) < 4.78 is 1.68. The summed E-state index contributed by atoms with van der Waals surface area (Å²) in [6.07, 6.45) is 1.80. The molecule has 0 saturated heterocycles. The predicted molar refractivity (Wildman–Crippen MR) is 104 cm³/mol. The first-order valence-electron chi connectivity index (χ1n) is 8.97. The van der Waals surface area contributed by atoms with Gasteiger partial charge >= 0.3 is 0 Å². The Bertz CT molecular complexity index is 731. The van der Waals surface area contributed by atoms with Crippen molar-refractivity contribution in [3.8, 4) is 0 Å². The molecule has 142 valence electrons. The molecule has 1 aliphatic heterocycles. The van der Waals surface area contributed by atoms with Crippen LogP contribution in [0.5, 0.6) is 0 Å². The summed E-state index contributed by atoms with van der Waals surface area (Å²) in [5.74, 6) is 1.67. The van der Waals surface area contributed by atoms with Crippen LogP contribution in [-0.4, -0.2) is 38.7 Å². The maximum absolute atomic E-state index is 12.8. The highest BCUT2D eigenvalue weighted by Gasteiger charge is 2.23. The summed E-state index contributed by atoms with van der Waals surface area (Å²) >= 11 is 0. The Hall–Kier alpha value is -1.92. The first-order valence-corrected chi connectivity index (χ1v) is 8.97. The molecule has 6 nitrogen and oxygen atoms in total. The summed E-state index contributed by atoms with van der Waals surface area (Å²) in [6.45, 7) is 7.62. The number of benzene rings is 1. The van der Waals surface area contributed by atoms with Crippen LogP contribution in [0.1, 0.15) is 42.7 Å². The lowest BCUT2D eigenvalue weighted by Gasteiger charge is -2.21. The molecule has 2 N–H and O–H groups in total. The van der Waals surface area contributed by atoms with Crippen molar-refractivity contribution < 1.29 is 4.79 Å². The van der Waals surface area contributed by atoms with E-state index in [1.807, 2.05) is 25.7 Å². The number of fused-ring (bicyclic) bond motifs is 1. The van der Waals surface area contributed by atoms with Crippen molar-refractivity contribution >= 4 is 18.3 Å². The van der Waals surface area contributed by atoms with E-state index in [-0.39, 0.29) is 36.8 Å². The number of halogens is 1. The highest BCUT2D eigenvalue weighted by atomic mass is 35.5. The first-order chi connectivity index (χ1) is 12.0.